The van der Waals surface area contributed by atoms with Crippen LogP contribution in [-0.2, 0) is 0 Å². The molecule has 4 heteroatoms. The van der Waals surface area contributed by atoms with Gasteiger partial charge in [0.15, 0.2) is 0 Å². The second-order valence-electron chi connectivity index (χ2n) is 3.34. The number of benzene rings is 2. The molecule has 0 radical (unpaired) electrons. The zero-order chi connectivity index (χ0) is 12.1. The Balaban J connectivity index is 2.29. The summed E-state index contributed by atoms with van der Waals surface area (Å²) >= 11 is 5.87. The largest absolute Gasteiger partial charge is 0.457 e. The molecule has 0 bridgehead atoms. The predicted octanol–water partition coefficient (Wildman–Crippen LogP) is 3.94. The van der Waals surface area contributed by atoms with Crippen molar-refractivity contribution in [2.75, 3.05) is 0 Å². The normalized spacial score (nSPS) is 10.6. The molecule has 0 aliphatic heterocycles. The summed E-state index contributed by atoms with van der Waals surface area (Å²) in [5, 5.41) is 12.1. The van der Waals surface area contributed by atoms with Crippen LogP contribution < -0.4 is 4.74 Å². The minimum absolute atomic E-state index is 0.604. The smallest absolute Gasteiger partial charge is 0.136 e. The monoisotopic (exact) mass is 247 g/mol. The highest BCUT2D eigenvalue weighted by molar-refractivity contribution is 6.30. The van der Waals surface area contributed by atoms with Gasteiger partial charge in [0.1, 0.15) is 11.5 Å². The van der Waals surface area contributed by atoms with E-state index in [0.29, 0.717) is 22.1 Å². The van der Waals surface area contributed by atoms with Gasteiger partial charge >= 0.3 is 0 Å². The van der Waals surface area contributed by atoms with Gasteiger partial charge in [0, 0.05) is 10.6 Å². The SMILES string of the molecule is ON=Cc1ccccc1Oc1cccc(Cl)c1. The topological polar surface area (TPSA) is 41.8 Å². The van der Waals surface area contributed by atoms with Gasteiger partial charge in [-0.25, -0.2) is 0 Å². The van der Waals surface area contributed by atoms with Gasteiger partial charge in [0.2, 0.25) is 0 Å². The second-order valence-corrected chi connectivity index (χ2v) is 3.78. The van der Waals surface area contributed by atoms with Gasteiger partial charge < -0.3 is 9.94 Å². The van der Waals surface area contributed by atoms with E-state index in [1.807, 2.05) is 12.1 Å². The maximum Gasteiger partial charge on any atom is 0.136 e. The number of oxime groups is 1. The van der Waals surface area contributed by atoms with Crippen LogP contribution in [0, 0.1) is 0 Å². The Bertz CT molecular complexity index is 540. The Labute approximate surface area is 104 Å². The lowest BCUT2D eigenvalue weighted by Crippen LogP contribution is -1.90. The van der Waals surface area contributed by atoms with Gasteiger partial charge in [-0.15, -0.1) is 0 Å². The molecule has 0 aliphatic carbocycles. The number of rotatable bonds is 3. The van der Waals surface area contributed by atoms with Crippen molar-refractivity contribution in [2.24, 2.45) is 5.16 Å². The molecule has 2 aromatic carbocycles. The highest BCUT2D eigenvalue weighted by atomic mass is 35.5. The molecule has 3 nitrogen and oxygen atoms in total. The standard InChI is InChI=1S/C13H10ClNO2/c14-11-5-3-6-12(8-11)17-13-7-2-1-4-10(13)9-15-16/h1-9,16H. The number of halogens is 1. The Morgan fingerprint density at radius 1 is 1.12 bits per heavy atom. The van der Waals surface area contributed by atoms with Crippen LogP contribution in [0.4, 0.5) is 0 Å². The summed E-state index contributed by atoms with van der Waals surface area (Å²) in [6, 6.07) is 14.4. The maximum absolute atomic E-state index is 8.55. The van der Waals surface area contributed by atoms with Crippen molar-refractivity contribution in [3.8, 4) is 11.5 Å². The molecule has 0 atom stereocenters. The van der Waals surface area contributed by atoms with Crippen LogP contribution in [0.3, 0.4) is 0 Å². The molecule has 2 rings (SSSR count). The fourth-order valence-electron chi connectivity index (χ4n) is 1.40. The molecule has 0 saturated carbocycles. The van der Waals surface area contributed by atoms with E-state index in [1.54, 1.807) is 36.4 Å². The Morgan fingerprint density at radius 2 is 1.94 bits per heavy atom. The second kappa shape index (κ2) is 5.37. The Kier molecular flexibility index (Phi) is 3.62. The van der Waals surface area contributed by atoms with Crippen LogP contribution in [0.15, 0.2) is 53.7 Å². The molecular weight excluding hydrogens is 238 g/mol. The summed E-state index contributed by atoms with van der Waals surface area (Å²) in [6.07, 6.45) is 1.32. The van der Waals surface area contributed by atoms with E-state index in [4.69, 9.17) is 21.5 Å². The fourth-order valence-corrected chi connectivity index (χ4v) is 1.58. The van der Waals surface area contributed by atoms with Gasteiger partial charge in [-0.05, 0) is 30.3 Å². The minimum atomic E-state index is 0.604. The van der Waals surface area contributed by atoms with Gasteiger partial charge in [-0.1, -0.05) is 35.0 Å². The summed E-state index contributed by atoms with van der Waals surface area (Å²) in [5.41, 5.74) is 0.690. The lowest BCUT2D eigenvalue weighted by atomic mass is 10.2. The van der Waals surface area contributed by atoms with Crippen molar-refractivity contribution in [1.29, 1.82) is 0 Å². The first-order valence-electron chi connectivity index (χ1n) is 4.99. The summed E-state index contributed by atoms with van der Waals surface area (Å²) in [7, 11) is 0. The third kappa shape index (κ3) is 2.98. The van der Waals surface area contributed by atoms with Crippen LogP contribution >= 0.6 is 11.6 Å². The van der Waals surface area contributed by atoms with Crippen LogP contribution in [0.25, 0.3) is 0 Å². The Hall–Kier alpha value is -2.00. The van der Waals surface area contributed by atoms with E-state index >= 15 is 0 Å². The third-order valence-corrected chi connectivity index (χ3v) is 2.37. The predicted molar refractivity (Wildman–Crippen MR) is 67.3 cm³/mol. The van der Waals surface area contributed by atoms with Gasteiger partial charge in [-0.3, -0.25) is 0 Å². The lowest BCUT2D eigenvalue weighted by molar-refractivity contribution is 0.321. The van der Waals surface area contributed by atoms with E-state index in [1.165, 1.54) is 6.21 Å². The summed E-state index contributed by atoms with van der Waals surface area (Å²) in [6.45, 7) is 0. The van der Waals surface area contributed by atoms with Crippen LogP contribution in [0.2, 0.25) is 5.02 Å². The van der Waals surface area contributed by atoms with Crippen molar-refractivity contribution in [3.63, 3.8) is 0 Å². The zero-order valence-electron chi connectivity index (χ0n) is 8.88. The van der Waals surface area contributed by atoms with Crippen molar-refractivity contribution in [3.05, 3.63) is 59.1 Å². The summed E-state index contributed by atoms with van der Waals surface area (Å²) in [4.78, 5) is 0. The molecule has 0 aromatic heterocycles. The fraction of sp³-hybridized carbons (Fsp3) is 0. The number of para-hydroxylation sites is 1. The molecule has 86 valence electrons. The molecular formula is C13H10ClNO2. The van der Waals surface area contributed by atoms with Gasteiger partial charge in [-0.2, -0.15) is 0 Å². The van der Waals surface area contributed by atoms with Gasteiger partial charge in [0.25, 0.3) is 0 Å². The lowest BCUT2D eigenvalue weighted by Gasteiger charge is -2.08. The molecule has 0 amide bonds. The quantitative estimate of drug-likeness (QED) is 0.507. The van der Waals surface area contributed by atoms with E-state index in [2.05, 4.69) is 5.16 Å². The molecule has 0 unspecified atom stereocenters. The van der Waals surface area contributed by atoms with Crippen molar-refractivity contribution >= 4 is 17.8 Å². The van der Waals surface area contributed by atoms with Crippen molar-refractivity contribution < 1.29 is 9.94 Å². The molecule has 0 fully saturated rings. The third-order valence-electron chi connectivity index (χ3n) is 2.14. The molecule has 0 aliphatic rings. The first-order valence-corrected chi connectivity index (χ1v) is 5.37. The highest BCUT2D eigenvalue weighted by Gasteiger charge is 2.02. The average molecular weight is 248 g/mol. The maximum atomic E-state index is 8.55. The molecule has 2 aromatic rings. The van der Waals surface area contributed by atoms with E-state index < -0.39 is 0 Å². The van der Waals surface area contributed by atoms with Crippen LogP contribution in [-0.4, -0.2) is 11.4 Å². The molecule has 0 heterocycles. The van der Waals surface area contributed by atoms with Crippen molar-refractivity contribution in [1.82, 2.24) is 0 Å². The molecule has 0 spiro atoms. The van der Waals surface area contributed by atoms with E-state index in [-0.39, 0.29) is 0 Å². The number of ether oxygens (including phenoxy) is 1. The van der Waals surface area contributed by atoms with Crippen LogP contribution in [0.5, 0.6) is 11.5 Å². The summed E-state index contributed by atoms with van der Waals surface area (Å²) in [5.74, 6) is 1.24. The van der Waals surface area contributed by atoms with Gasteiger partial charge in [0.05, 0.1) is 6.21 Å². The minimum Gasteiger partial charge on any atom is -0.457 e. The van der Waals surface area contributed by atoms with E-state index in [9.17, 15) is 0 Å². The average Bonchev–Trinajstić information content (AvgIpc) is 2.32. The first-order chi connectivity index (χ1) is 8.29. The number of hydrogen-bond donors (Lipinski definition) is 1. The van der Waals surface area contributed by atoms with Crippen molar-refractivity contribution in [2.45, 2.75) is 0 Å². The first kappa shape index (κ1) is 11.5. The molecule has 17 heavy (non-hydrogen) atoms. The number of hydrogen-bond acceptors (Lipinski definition) is 3. The van der Waals surface area contributed by atoms with E-state index in [0.717, 1.165) is 0 Å². The highest BCUT2D eigenvalue weighted by Crippen LogP contribution is 2.26. The zero-order valence-corrected chi connectivity index (χ0v) is 9.63. The van der Waals surface area contributed by atoms with Crippen LogP contribution in [0.1, 0.15) is 5.56 Å². The molecule has 0 saturated heterocycles. The number of nitrogens with zero attached hydrogens (tertiary/aromatic N) is 1. The molecule has 1 N–H and O–H groups in total. The Morgan fingerprint density at radius 3 is 2.71 bits per heavy atom. The summed E-state index contributed by atoms with van der Waals surface area (Å²) < 4.78 is 5.66.